The Bertz CT molecular complexity index is 1080. The first-order valence-electron chi connectivity index (χ1n) is 8.39. The third-order valence-corrected chi connectivity index (χ3v) is 4.55. The summed E-state index contributed by atoms with van der Waals surface area (Å²) in [6, 6.07) is 21.1. The van der Waals surface area contributed by atoms with Crippen LogP contribution < -0.4 is 5.32 Å². The van der Waals surface area contributed by atoms with Crippen molar-refractivity contribution in [2.75, 3.05) is 7.05 Å². The summed E-state index contributed by atoms with van der Waals surface area (Å²) in [5.41, 5.74) is 5.40. The number of phenols is 1. The predicted octanol–water partition coefficient (Wildman–Crippen LogP) is 4.57. The molecule has 128 valence electrons. The second-order valence-electron chi connectivity index (χ2n) is 6.14. The number of hydrogen-bond donors (Lipinski definition) is 3. The standard InChI is InChI=1S/C22H18N2O2/c1-23-22(26)19-12-16(14-5-3-2-4-6-14)11-18-20(13-24-21(18)19)15-7-9-17(25)10-8-15/h2-13,24-25H,1H3,(H,23,26). The van der Waals surface area contributed by atoms with Gasteiger partial charge in [-0.25, -0.2) is 0 Å². The Kier molecular flexibility index (Phi) is 3.93. The van der Waals surface area contributed by atoms with Crippen LogP contribution in [0.15, 0.2) is 72.9 Å². The van der Waals surface area contributed by atoms with Gasteiger partial charge >= 0.3 is 0 Å². The van der Waals surface area contributed by atoms with E-state index in [1.807, 2.05) is 54.7 Å². The summed E-state index contributed by atoms with van der Waals surface area (Å²) >= 11 is 0. The lowest BCUT2D eigenvalue weighted by atomic mass is 9.96. The van der Waals surface area contributed by atoms with Gasteiger partial charge in [0.1, 0.15) is 5.75 Å². The minimum Gasteiger partial charge on any atom is -0.508 e. The molecule has 0 radical (unpaired) electrons. The molecule has 4 heteroatoms. The molecule has 0 fully saturated rings. The first kappa shape index (κ1) is 16.0. The van der Waals surface area contributed by atoms with Crippen molar-refractivity contribution in [1.82, 2.24) is 10.3 Å². The number of fused-ring (bicyclic) bond motifs is 1. The van der Waals surface area contributed by atoms with Crippen LogP contribution in [0.2, 0.25) is 0 Å². The van der Waals surface area contributed by atoms with Gasteiger partial charge in [0.05, 0.1) is 11.1 Å². The molecule has 26 heavy (non-hydrogen) atoms. The zero-order valence-corrected chi connectivity index (χ0v) is 14.3. The van der Waals surface area contributed by atoms with Crippen LogP contribution in [0.5, 0.6) is 5.75 Å². The monoisotopic (exact) mass is 342 g/mol. The fraction of sp³-hybridized carbons (Fsp3) is 0.0455. The number of rotatable bonds is 3. The van der Waals surface area contributed by atoms with E-state index < -0.39 is 0 Å². The number of phenolic OH excluding ortho intramolecular Hbond substituents is 1. The molecule has 0 bridgehead atoms. The van der Waals surface area contributed by atoms with Gasteiger partial charge in [-0.1, -0.05) is 42.5 Å². The van der Waals surface area contributed by atoms with Crippen LogP contribution >= 0.6 is 0 Å². The van der Waals surface area contributed by atoms with Gasteiger partial charge in [0.15, 0.2) is 0 Å². The van der Waals surface area contributed by atoms with Gasteiger partial charge in [-0.05, 0) is 41.0 Å². The molecular formula is C22H18N2O2. The van der Waals surface area contributed by atoms with Crippen LogP contribution in [-0.2, 0) is 0 Å². The third-order valence-electron chi connectivity index (χ3n) is 4.55. The number of nitrogens with one attached hydrogen (secondary N) is 2. The zero-order chi connectivity index (χ0) is 18.1. The van der Waals surface area contributed by atoms with E-state index in [1.165, 1.54) is 0 Å². The van der Waals surface area contributed by atoms with Crippen molar-refractivity contribution < 1.29 is 9.90 Å². The average molecular weight is 342 g/mol. The molecule has 1 aromatic heterocycles. The highest BCUT2D eigenvalue weighted by atomic mass is 16.3. The summed E-state index contributed by atoms with van der Waals surface area (Å²) in [4.78, 5) is 15.7. The number of carbonyl (C=O) groups excluding carboxylic acids is 1. The Balaban J connectivity index is 1.99. The fourth-order valence-electron chi connectivity index (χ4n) is 3.22. The second kappa shape index (κ2) is 6.41. The predicted molar refractivity (Wildman–Crippen MR) is 104 cm³/mol. The molecule has 0 saturated carbocycles. The third kappa shape index (κ3) is 2.71. The Hall–Kier alpha value is -3.53. The quantitative estimate of drug-likeness (QED) is 0.511. The summed E-state index contributed by atoms with van der Waals surface area (Å²) in [5, 5.41) is 13.2. The molecular weight excluding hydrogens is 324 g/mol. The van der Waals surface area contributed by atoms with E-state index in [1.54, 1.807) is 19.2 Å². The van der Waals surface area contributed by atoms with Crippen LogP contribution in [0.3, 0.4) is 0 Å². The summed E-state index contributed by atoms with van der Waals surface area (Å²) in [7, 11) is 1.63. The van der Waals surface area contributed by atoms with Crippen molar-refractivity contribution in [1.29, 1.82) is 0 Å². The number of benzene rings is 3. The molecule has 0 atom stereocenters. The van der Waals surface area contributed by atoms with Crippen molar-refractivity contribution in [3.05, 3.63) is 78.5 Å². The average Bonchev–Trinajstić information content (AvgIpc) is 3.12. The molecule has 1 amide bonds. The highest BCUT2D eigenvalue weighted by Gasteiger charge is 2.16. The maximum absolute atomic E-state index is 12.4. The summed E-state index contributed by atoms with van der Waals surface area (Å²) in [6.45, 7) is 0. The molecule has 3 N–H and O–H groups in total. The molecule has 0 saturated heterocycles. The summed E-state index contributed by atoms with van der Waals surface area (Å²) in [6.07, 6.45) is 1.90. The first-order valence-corrected chi connectivity index (χ1v) is 8.39. The van der Waals surface area contributed by atoms with E-state index in [2.05, 4.69) is 16.4 Å². The largest absolute Gasteiger partial charge is 0.508 e. The number of aromatic amines is 1. The molecule has 0 aliphatic carbocycles. The lowest BCUT2D eigenvalue weighted by molar-refractivity contribution is 0.0964. The molecule has 0 unspecified atom stereocenters. The minimum absolute atomic E-state index is 0.133. The number of H-pyrrole nitrogens is 1. The Morgan fingerprint density at radius 1 is 0.923 bits per heavy atom. The molecule has 0 aliphatic heterocycles. The van der Waals surface area contributed by atoms with E-state index in [9.17, 15) is 9.90 Å². The van der Waals surface area contributed by atoms with Gasteiger partial charge in [0.2, 0.25) is 0 Å². The lowest BCUT2D eigenvalue weighted by Gasteiger charge is -2.09. The first-order chi connectivity index (χ1) is 12.7. The normalized spacial score (nSPS) is 10.8. The molecule has 4 aromatic rings. The van der Waals surface area contributed by atoms with Crippen LogP contribution in [0.4, 0.5) is 0 Å². The van der Waals surface area contributed by atoms with Crippen molar-refractivity contribution in [2.24, 2.45) is 0 Å². The number of hydrogen-bond acceptors (Lipinski definition) is 2. The van der Waals surface area contributed by atoms with Gasteiger partial charge in [-0.2, -0.15) is 0 Å². The van der Waals surface area contributed by atoms with Gasteiger partial charge in [0.25, 0.3) is 5.91 Å². The number of carbonyl (C=O) groups is 1. The van der Waals surface area contributed by atoms with E-state index >= 15 is 0 Å². The second-order valence-corrected chi connectivity index (χ2v) is 6.14. The Morgan fingerprint density at radius 2 is 1.65 bits per heavy atom. The van der Waals surface area contributed by atoms with E-state index in [4.69, 9.17) is 0 Å². The molecule has 1 heterocycles. The van der Waals surface area contributed by atoms with Crippen LogP contribution in [-0.4, -0.2) is 23.0 Å². The van der Waals surface area contributed by atoms with Gasteiger partial charge in [0, 0.05) is 24.2 Å². The van der Waals surface area contributed by atoms with Crippen LogP contribution in [0, 0.1) is 0 Å². The maximum Gasteiger partial charge on any atom is 0.253 e. The van der Waals surface area contributed by atoms with Crippen molar-refractivity contribution >= 4 is 16.8 Å². The van der Waals surface area contributed by atoms with Gasteiger partial charge < -0.3 is 15.4 Å². The molecule has 4 nitrogen and oxygen atoms in total. The smallest absolute Gasteiger partial charge is 0.253 e. The number of aromatic nitrogens is 1. The number of aromatic hydroxyl groups is 1. The molecule has 0 aliphatic rings. The number of amides is 1. The topological polar surface area (TPSA) is 65.1 Å². The molecule has 4 rings (SSSR count). The summed E-state index contributed by atoms with van der Waals surface area (Å²) < 4.78 is 0. The Labute approximate surface area is 151 Å². The Morgan fingerprint density at radius 3 is 2.35 bits per heavy atom. The lowest BCUT2D eigenvalue weighted by Crippen LogP contribution is -2.18. The van der Waals surface area contributed by atoms with E-state index in [0.717, 1.165) is 33.2 Å². The van der Waals surface area contributed by atoms with Crippen molar-refractivity contribution in [3.63, 3.8) is 0 Å². The zero-order valence-electron chi connectivity index (χ0n) is 14.3. The van der Waals surface area contributed by atoms with E-state index in [0.29, 0.717) is 5.56 Å². The van der Waals surface area contributed by atoms with Crippen LogP contribution in [0.1, 0.15) is 10.4 Å². The fourth-order valence-corrected chi connectivity index (χ4v) is 3.22. The minimum atomic E-state index is -0.133. The highest BCUT2D eigenvalue weighted by molar-refractivity contribution is 6.11. The highest BCUT2D eigenvalue weighted by Crippen LogP contribution is 2.35. The molecule has 0 spiro atoms. The summed E-state index contributed by atoms with van der Waals surface area (Å²) in [5.74, 6) is 0.0940. The maximum atomic E-state index is 12.4. The SMILES string of the molecule is CNC(=O)c1cc(-c2ccccc2)cc2c(-c3ccc(O)cc3)c[nH]c12. The van der Waals surface area contributed by atoms with E-state index in [-0.39, 0.29) is 11.7 Å². The van der Waals surface area contributed by atoms with Crippen molar-refractivity contribution in [2.45, 2.75) is 0 Å². The molecule has 3 aromatic carbocycles. The van der Waals surface area contributed by atoms with Crippen molar-refractivity contribution in [3.8, 4) is 28.0 Å². The van der Waals surface area contributed by atoms with Gasteiger partial charge in [-0.3, -0.25) is 4.79 Å². The van der Waals surface area contributed by atoms with Crippen LogP contribution in [0.25, 0.3) is 33.2 Å². The van der Waals surface area contributed by atoms with Gasteiger partial charge in [-0.15, -0.1) is 0 Å².